The van der Waals surface area contributed by atoms with Crippen molar-refractivity contribution in [1.29, 1.82) is 0 Å². The number of hydrogen-bond acceptors (Lipinski definition) is 3. The zero-order chi connectivity index (χ0) is 8.39. The Hall–Kier alpha value is 0.0700. The zero-order valence-corrected chi connectivity index (χ0v) is 8.95. The number of halogens is 1. The monoisotopic (exact) mass is 247 g/mol. The van der Waals surface area contributed by atoms with Crippen molar-refractivity contribution in [2.75, 3.05) is 11.5 Å². The summed E-state index contributed by atoms with van der Waals surface area (Å²) in [6.45, 7) is 0.917. The molecular weight excluding hydrogens is 238 g/mol. The number of furan rings is 1. The Labute approximate surface area is 84.2 Å². The van der Waals surface area contributed by atoms with Crippen molar-refractivity contribution in [2.24, 2.45) is 0 Å². The van der Waals surface area contributed by atoms with E-state index < -0.39 is 0 Å². The molecule has 1 aromatic rings. The summed E-state index contributed by atoms with van der Waals surface area (Å²) in [6.07, 6.45) is 1.78. The Morgan fingerprint density at radius 2 is 2.50 bits per heavy atom. The third kappa shape index (κ3) is 2.06. The van der Waals surface area contributed by atoms with Gasteiger partial charge in [0.2, 0.25) is 0 Å². The van der Waals surface area contributed by atoms with E-state index in [1.165, 1.54) is 17.1 Å². The molecule has 0 radical (unpaired) electrons. The quantitative estimate of drug-likeness (QED) is 0.888. The van der Waals surface area contributed by atoms with Gasteiger partial charge in [0.25, 0.3) is 0 Å². The minimum Gasteiger partial charge on any atom is -0.457 e. The van der Waals surface area contributed by atoms with Gasteiger partial charge in [-0.25, -0.2) is 0 Å². The molecule has 1 aliphatic heterocycles. The standard InChI is InChI=1S/C8H10BrNOS/c9-8-1-6(3-11-8)2-10-7-4-12-5-7/h1,3,7,10H,2,4-5H2. The fraction of sp³-hybridized carbons (Fsp3) is 0.500. The summed E-state index contributed by atoms with van der Waals surface area (Å²) >= 11 is 5.26. The summed E-state index contributed by atoms with van der Waals surface area (Å²) in [6, 6.07) is 2.71. The molecule has 0 amide bonds. The average Bonchev–Trinajstić information content (AvgIpc) is 2.32. The third-order valence-electron chi connectivity index (χ3n) is 1.85. The maximum absolute atomic E-state index is 5.12. The molecule has 0 aliphatic carbocycles. The average molecular weight is 248 g/mol. The van der Waals surface area contributed by atoms with E-state index in [2.05, 4.69) is 21.2 Å². The first kappa shape index (κ1) is 8.66. The predicted molar refractivity (Wildman–Crippen MR) is 54.4 cm³/mol. The summed E-state index contributed by atoms with van der Waals surface area (Å²) < 4.78 is 5.93. The first-order chi connectivity index (χ1) is 5.84. The van der Waals surface area contributed by atoms with Crippen molar-refractivity contribution >= 4 is 27.7 Å². The van der Waals surface area contributed by atoms with Crippen LogP contribution in [-0.4, -0.2) is 17.5 Å². The second-order valence-corrected chi connectivity index (χ2v) is 4.73. The van der Waals surface area contributed by atoms with E-state index in [4.69, 9.17) is 4.42 Å². The molecule has 0 spiro atoms. The highest BCUT2D eigenvalue weighted by Gasteiger charge is 2.16. The summed E-state index contributed by atoms with van der Waals surface area (Å²) in [5.74, 6) is 2.50. The second kappa shape index (κ2) is 3.85. The largest absolute Gasteiger partial charge is 0.457 e. The van der Waals surface area contributed by atoms with Crippen LogP contribution in [0.4, 0.5) is 0 Å². The second-order valence-electron chi connectivity index (χ2n) is 2.87. The third-order valence-corrected chi connectivity index (χ3v) is 3.55. The lowest BCUT2D eigenvalue weighted by Crippen LogP contribution is -2.39. The summed E-state index contributed by atoms with van der Waals surface area (Å²) in [5, 5.41) is 3.45. The predicted octanol–water partition coefficient (Wildman–Crippen LogP) is 2.25. The maximum Gasteiger partial charge on any atom is 0.169 e. The Morgan fingerprint density at radius 1 is 1.67 bits per heavy atom. The summed E-state index contributed by atoms with van der Waals surface area (Å²) in [5.41, 5.74) is 1.21. The van der Waals surface area contributed by atoms with Crippen molar-refractivity contribution in [1.82, 2.24) is 5.32 Å². The van der Waals surface area contributed by atoms with Gasteiger partial charge in [-0.2, -0.15) is 11.8 Å². The first-order valence-electron chi connectivity index (χ1n) is 3.88. The van der Waals surface area contributed by atoms with E-state index in [1.54, 1.807) is 6.26 Å². The van der Waals surface area contributed by atoms with Gasteiger partial charge in [0.05, 0.1) is 6.26 Å². The van der Waals surface area contributed by atoms with E-state index in [9.17, 15) is 0 Å². The number of thioether (sulfide) groups is 1. The van der Waals surface area contributed by atoms with Crippen molar-refractivity contribution in [3.8, 4) is 0 Å². The Balaban J connectivity index is 1.79. The topological polar surface area (TPSA) is 25.2 Å². The van der Waals surface area contributed by atoms with Gasteiger partial charge in [0.15, 0.2) is 4.67 Å². The highest BCUT2D eigenvalue weighted by Crippen LogP contribution is 2.18. The molecule has 1 aliphatic rings. The van der Waals surface area contributed by atoms with E-state index >= 15 is 0 Å². The van der Waals surface area contributed by atoms with Crippen molar-refractivity contribution in [3.63, 3.8) is 0 Å². The van der Waals surface area contributed by atoms with Gasteiger partial charge in [-0.05, 0) is 22.0 Å². The smallest absolute Gasteiger partial charge is 0.169 e. The van der Waals surface area contributed by atoms with E-state index in [0.29, 0.717) is 6.04 Å². The van der Waals surface area contributed by atoms with Crippen molar-refractivity contribution in [3.05, 3.63) is 22.6 Å². The molecule has 0 unspecified atom stereocenters. The van der Waals surface area contributed by atoms with Gasteiger partial charge < -0.3 is 9.73 Å². The molecule has 12 heavy (non-hydrogen) atoms. The Kier molecular flexibility index (Phi) is 2.78. The molecule has 4 heteroatoms. The van der Waals surface area contributed by atoms with E-state index in [1.807, 2.05) is 17.8 Å². The van der Waals surface area contributed by atoms with Gasteiger partial charge in [0, 0.05) is 29.7 Å². The van der Waals surface area contributed by atoms with Gasteiger partial charge in [-0.1, -0.05) is 0 Å². The summed E-state index contributed by atoms with van der Waals surface area (Å²) in [4.78, 5) is 0. The molecule has 0 atom stereocenters. The van der Waals surface area contributed by atoms with E-state index in [-0.39, 0.29) is 0 Å². The van der Waals surface area contributed by atoms with Crippen LogP contribution in [0, 0.1) is 0 Å². The van der Waals surface area contributed by atoms with Crippen LogP contribution in [0.3, 0.4) is 0 Å². The fourth-order valence-electron chi connectivity index (χ4n) is 1.05. The maximum atomic E-state index is 5.12. The van der Waals surface area contributed by atoms with Gasteiger partial charge in [0.1, 0.15) is 0 Å². The number of rotatable bonds is 3. The van der Waals surface area contributed by atoms with Crippen LogP contribution in [0.1, 0.15) is 5.56 Å². The van der Waals surface area contributed by atoms with Crippen molar-refractivity contribution in [2.45, 2.75) is 12.6 Å². The lowest BCUT2D eigenvalue weighted by atomic mass is 10.3. The van der Waals surface area contributed by atoms with Crippen LogP contribution in [0.5, 0.6) is 0 Å². The lowest BCUT2D eigenvalue weighted by Gasteiger charge is -2.25. The highest BCUT2D eigenvalue weighted by molar-refractivity contribution is 9.10. The highest BCUT2D eigenvalue weighted by atomic mass is 79.9. The molecule has 0 bridgehead atoms. The molecule has 1 fully saturated rings. The minimum atomic E-state index is 0.712. The molecule has 2 rings (SSSR count). The number of nitrogens with one attached hydrogen (secondary N) is 1. The van der Waals surface area contributed by atoms with Gasteiger partial charge in [-0.3, -0.25) is 0 Å². The molecule has 1 N–H and O–H groups in total. The van der Waals surface area contributed by atoms with Crippen LogP contribution in [0.25, 0.3) is 0 Å². The lowest BCUT2D eigenvalue weighted by molar-refractivity contribution is 0.531. The van der Waals surface area contributed by atoms with Crippen LogP contribution in [-0.2, 0) is 6.54 Å². The first-order valence-corrected chi connectivity index (χ1v) is 5.83. The minimum absolute atomic E-state index is 0.712. The molecule has 2 nitrogen and oxygen atoms in total. The molecule has 0 saturated carbocycles. The SMILES string of the molecule is Brc1cc(CNC2CSC2)co1. The number of hydrogen-bond donors (Lipinski definition) is 1. The fourth-order valence-corrected chi connectivity index (χ4v) is 2.15. The van der Waals surface area contributed by atoms with Gasteiger partial charge in [-0.15, -0.1) is 0 Å². The van der Waals surface area contributed by atoms with E-state index in [0.717, 1.165) is 11.2 Å². The molecule has 0 aromatic carbocycles. The Morgan fingerprint density at radius 3 is 3.00 bits per heavy atom. The molecule has 2 heterocycles. The van der Waals surface area contributed by atoms with Crippen LogP contribution in [0.2, 0.25) is 0 Å². The van der Waals surface area contributed by atoms with Crippen LogP contribution < -0.4 is 5.32 Å². The van der Waals surface area contributed by atoms with Crippen LogP contribution >= 0.6 is 27.7 Å². The molecule has 1 aromatic heterocycles. The van der Waals surface area contributed by atoms with Crippen LogP contribution in [0.15, 0.2) is 21.4 Å². The Bertz CT molecular complexity index is 259. The molecule has 66 valence electrons. The zero-order valence-electron chi connectivity index (χ0n) is 6.55. The summed E-state index contributed by atoms with van der Waals surface area (Å²) in [7, 11) is 0. The van der Waals surface area contributed by atoms with Gasteiger partial charge >= 0.3 is 0 Å². The molecular formula is C8H10BrNOS. The normalized spacial score (nSPS) is 17.8. The molecule has 1 saturated heterocycles. The van der Waals surface area contributed by atoms with Crippen molar-refractivity contribution < 1.29 is 4.42 Å².